The lowest BCUT2D eigenvalue weighted by atomic mass is 10.1. The van der Waals surface area contributed by atoms with Crippen molar-refractivity contribution in [2.45, 2.75) is 33.6 Å². The Labute approximate surface area is 92.5 Å². The molecule has 0 fully saturated rings. The predicted molar refractivity (Wildman–Crippen MR) is 64.2 cm³/mol. The molecule has 0 saturated heterocycles. The monoisotopic (exact) mass is 202 g/mol. The summed E-state index contributed by atoms with van der Waals surface area (Å²) in [6.07, 6.45) is 6.89. The van der Waals surface area contributed by atoms with E-state index < -0.39 is 0 Å². The number of ether oxygens (including phenoxy) is 1. The van der Waals surface area contributed by atoms with E-state index in [9.17, 15) is 0 Å². The Morgan fingerprint density at radius 2 is 1.87 bits per heavy atom. The van der Waals surface area contributed by atoms with Gasteiger partial charge in [-0.1, -0.05) is 12.1 Å². The molecule has 1 nitrogen and oxygen atoms in total. The van der Waals surface area contributed by atoms with Gasteiger partial charge < -0.3 is 4.74 Å². The van der Waals surface area contributed by atoms with Crippen LogP contribution in [0.4, 0.5) is 0 Å². The first kappa shape index (κ1) is 11.7. The first-order chi connectivity index (χ1) is 7.16. The van der Waals surface area contributed by atoms with E-state index in [-0.39, 0.29) is 0 Å². The molecule has 0 amide bonds. The number of benzene rings is 1. The summed E-state index contributed by atoms with van der Waals surface area (Å²) in [5.74, 6) is 3.63. The van der Waals surface area contributed by atoms with E-state index >= 15 is 0 Å². The molecular formula is C14H18O. The van der Waals surface area contributed by atoms with Crippen molar-refractivity contribution in [3.05, 3.63) is 28.8 Å². The van der Waals surface area contributed by atoms with Gasteiger partial charge in [-0.15, -0.1) is 12.3 Å². The zero-order valence-electron chi connectivity index (χ0n) is 9.76. The Kier molecular flexibility index (Phi) is 4.24. The van der Waals surface area contributed by atoms with Crippen LogP contribution in [0.1, 0.15) is 29.5 Å². The minimum Gasteiger partial charge on any atom is -0.493 e. The van der Waals surface area contributed by atoms with E-state index in [0.29, 0.717) is 6.61 Å². The van der Waals surface area contributed by atoms with Crippen LogP contribution in [0.15, 0.2) is 12.1 Å². The van der Waals surface area contributed by atoms with Crippen LogP contribution in [0, 0.1) is 33.1 Å². The van der Waals surface area contributed by atoms with Crippen molar-refractivity contribution in [1.82, 2.24) is 0 Å². The molecule has 0 unspecified atom stereocenters. The second kappa shape index (κ2) is 5.46. The van der Waals surface area contributed by atoms with E-state index in [4.69, 9.17) is 11.2 Å². The molecule has 0 aliphatic rings. The number of rotatable bonds is 4. The molecule has 1 aromatic carbocycles. The summed E-state index contributed by atoms with van der Waals surface area (Å²) in [6.45, 7) is 6.97. The van der Waals surface area contributed by atoms with Gasteiger partial charge in [-0.25, -0.2) is 0 Å². The third-order valence-corrected chi connectivity index (χ3v) is 2.59. The fourth-order valence-corrected chi connectivity index (χ4v) is 1.50. The summed E-state index contributed by atoms with van der Waals surface area (Å²) < 4.78 is 5.75. The number of hydrogen-bond donors (Lipinski definition) is 0. The topological polar surface area (TPSA) is 9.23 Å². The average Bonchev–Trinajstić information content (AvgIpc) is 2.23. The molecule has 0 aromatic heterocycles. The normalized spacial score (nSPS) is 9.73. The zero-order valence-corrected chi connectivity index (χ0v) is 9.76. The molecular weight excluding hydrogens is 184 g/mol. The maximum Gasteiger partial charge on any atom is 0.125 e. The number of unbranched alkanes of at least 4 members (excludes halogenated alkanes) is 1. The van der Waals surface area contributed by atoms with Crippen LogP contribution >= 0.6 is 0 Å². The molecule has 0 bridgehead atoms. The Balaban J connectivity index is 2.68. The quantitative estimate of drug-likeness (QED) is 0.537. The summed E-state index contributed by atoms with van der Waals surface area (Å²) in [4.78, 5) is 0. The molecule has 0 saturated carbocycles. The fourth-order valence-electron chi connectivity index (χ4n) is 1.50. The third kappa shape index (κ3) is 3.02. The van der Waals surface area contributed by atoms with Crippen molar-refractivity contribution < 1.29 is 4.74 Å². The van der Waals surface area contributed by atoms with Gasteiger partial charge in [-0.05, 0) is 43.9 Å². The molecule has 0 radical (unpaired) electrons. The van der Waals surface area contributed by atoms with Crippen molar-refractivity contribution in [3.8, 4) is 18.1 Å². The molecule has 0 N–H and O–H groups in total. The van der Waals surface area contributed by atoms with E-state index in [1.807, 2.05) is 0 Å². The van der Waals surface area contributed by atoms with Gasteiger partial charge in [0.15, 0.2) is 0 Å². The highest BCUT2D eigenvalue weighted by atomic mass is 16.5. The van der Waals surface area contributed by atoms with E-state index in [1.165, 1.54) is 16.7 Å². The molecule has 1 heteroatoms. The number of terminal acetylenes is 1. The Morgan fingerprint density at radius 3 is 2.53 bits per heavy atom. The average molecular weight is 202 g/mol. The van der Waals surface area contributed by atoms with Crippen LogP contribution in [0.5, 0.6) is 5.75 Å². The lowest BCUT2D eigenvalue weighted by molar-refractivity contribution is 0.308. The Morgan fingerprint density at radius 1 is 1.20 bits per heavy atom. The van der Waals surface area contributed by atoms with Crippen molar-refractivity contribution >= 4 is 0 Å². The van der Waals surface area contributed by atoms with Gasteiger partial charge in [-0.2, -0.15) is 0 Å². The molecule has 0 aliphatic carbocycles. The lowest BCUT2D eigenvalue weighted by Crippen LogP contribution is -2.01. The molecule has 0 aliphatic heterocycles. The zero-order chi connectivity index (χ0) is 11.3. The molecule has 80 valence electrons. The Hall–Kier alpha value is -1.42. The van der Waals surface area contributed by atoms with Crippen LogP contribution in [0.25, 0.3) is 0 Å². The molecule has 0 heterocycles. The second-order valence-electron chi connectivity index (χ2n) is 3.81. The van der Waals surface area contributed by atoms with Gasteiger partial charge in [-0.3, -0.25) is 0 Å². The Bertz CT molecular complexity index is 372. The van der Waals surface area contributed by atoms with Gasteiger partial charge in [0.05, 0.1) is 6.61 Å². The largest absolute Gasteiger partial charge is 0.493 e. The number of aryl methyl sites for hydroxylation is 2. The fraction of sp³-hybridized carbons (Fsp3) is 0.429. The van der Waals surface area contributed by atoms with Gasteiger partial charge in [0.1, 0.15) is 5.75 Å². The first-order valence-electron chi connectivity index (χ1n) is 5.30. The predicted octanol–water partition coefficient (Wildman–Crippen LogP) is 3.40. The van der Waals surface area contributed by atoms with E-state index in [1.54, 1.807) is 0 Å². The van der Waals surface area contributed by atoms with Crippen molar-refractivity contribution in [2.24, 2.45) is 0 Å². The highest BCUT2D eigenvalue weighted by Gasteiger charge is 2.05. The van der Waals surface area contributed by atoms with E-state index in [2.05, 4.69) is 38.8 Å². The SMILES string of the molecule is C#CCCCOc1c(C)ccc(C)c1C. The minimum atomic E-state index is 0.704. The minimum absolute atomic E-state index is 0.704. The highest BCUT2D eigenvalue weighted by Crippen LogP contribution is 2.25. The van der Waals surface area contributed by atoms with Gasteiger partial charge in [0.25, 0.3) is 0 Å². The molecule has 1 aromatic rings. The highest BCUT2D eigenvalue weighted by molar-refractivity contribution is 5.44. The molecule has 0 spiro atoms. The smallest absolute Gasteiger partial charge is 0.125 e. The van der Waals surface area contributed by atoms with Crippen LogP contribution in [0.3, 0.4) is 0 Å². The standard InChI is InChI=1S/C14H18O/c1-5-6-7-10-15-14-12(3)9-8-11(2)13(14)4/h1,8-9H,6-7,10H2,2-4H3. The summed E-state index contributed by atoms with van der Waals surface area (Å²) in [5.41, 5.74) is 3.70. The van der Waals surface area contributed by atoms with Gasteiger partial charge in [0, 0.05) is 6.42 Å². The molecule has 1 rings (SSSR count). The van der Waals surface area contributed by atoms with Crippen LogP contribution in [-0.4, -0.2) is 6.61 Å². The third-order valence-electron chi connectivity index (χ3n) is 2.59. The van der Waals surface area contributed by atoms with Crippen LogP contribution in [0.2, 0.25) is 0 Å². The van der Waals surface area contributed by atoms with Crippen molar-refractivity contribution in [2.75, 3.05) is 6.61 Å². The summed E-state index contributed by atoms with van der Waals surface area (Å²) >= 11 is 0. The van der Waals surface area contributed by atoms with E-state index in [0.717, 1.165) is 18.6 Å². The number of hydrogen-bond acceptors (Lipinski definition) is 1. The van der Waals surface area contributed by atoms with Crippen molar-refractivity contribution in [1.29, 1.82) is 0 Å². The molecule has 15 heavy (non-hydrogen) atoms. The summed E-state index contributed by atoms with van der Waals surface area (Å²) in [7, 11) is 0. The van der Waals surface area contributed by atoms with Crippen LogP contribution in [-0.2, 0) is 0 Å². The molecule has 0 atom stereocenters. The van der Waals surface area contributed by atoms with Crippen molar-refractivity contribution in [3.63, 3.8) is 0 Å². The maximum atomic E-state index is 5.75. The summed E-state index contributed by atoms with van der Waals surface area (Å²) in [6, 6.07) is 4.22. The van der Waals surface area contributed by atoms with Gasteiger partial charge in [0.2, 0.25) is 0 Å². The maximum absolute atomic E-state index is 5.75. The summed E-state index contributed by atoms with van der Waals surface area (Å²) in [5, 5.41) is 0. The van der Waals surface area contributed by atoms with Gasteiger partial charge >= 0.3 is 0 Å². The van der Waals surface area contributed by atoms with Crippen LogP contribution < -0.4 is 4.74 Å². The second-order valence-corrected chi connectivity index (χ2v) is 3.81. The lowest BCUT2D eigenvalue weighted by Gasteiger charge is -2.13. The first-order valence-corrected chi connectivity index (χ1v) is 5.30.